The number of aromatic nitrogens is 2. The molecule has 1 atom stereocenters. The molecule has 0 aliphatic carbocycles. The van der Waals surface area contributed by atoms with Gasteiger partial charge in [0.15, 0.2) is 0 Å². The van der Waals surface area contributed by atoms with E-state index in [1.165, 1.54) is 24.7 Å². The van der Waals surface area contributed by atoms with Gasteiger partial charge in [-0.1, -0.05) is 17.7 Å². The molecule has 0 radical (unpaired) electrons. The van der Waals surface area contributed by atoms with Crippen LogP contribution < -0.4 is 10.6 Å². The summed E-state index contributed by atoms with van der Waals surface area (Å²) in [6, 6.07) is 4.40. The van der Waals surface area contributed by atoms with E-state index >= 15 is 0 Å². The lowest BCUT2D eigenvalue weighted by molar-refractivity contribution is -0.137. The summed E-state index contributed by atoms with van der Waals surface area (Å²) in [5.41, 5.74) is -1.47. The number of hydrogen-bond donors (Lipinski definition) is 0. The molecule has 0 N–H and O–H groups in total. The maximum absolute atomic E-state index is 14.7. The van der Waals surface area contributed by atoms with E-state index in [4.69, 9.17) is 21.1 Å². The highest BCUT2D eigenvalue weighted by Crippen LogP contribution is 2.48. The molecule has 14 heteroatoms. The molecule has 2 aliphatic rings. The second kappa shape index (κ2) is 11.2. The van der Waals surface area contributed by atoms with E-state index < -0.39 is 29.4 Å². The van der Waals surface area contributed by atoms with Gasteiger partial charge >= 0.3 is 11.9 Å². The predicted octanol–water partition coefficient (Wildman–Crippen LogP) is 4.64. The van der Waals surface area contributed by atoms with Gasteiger partial charge in [0.2, 0.25) is 5.91 Å². The van der Waals surface area contributed by atoms with Crippen LogP contribution in [0.3, 0.4) is 0 Å². The van der Waals surface area contributed by atoms with Crippen molar-refractivity contribution in [1.29, 1.82) is 0 Å². The van der Waals surface area contributed by atoms with E-state index in [0.29, 0.717) is 26.2 Å². The Morgan fingerprint density at radius 1 is 1.20 bits per heavy atom. The summed E-state index contributed by atoms with van der Waals surface area (Å²) in [6.45, 7) is 2.69. The van der Waals surface area contributed by atoms with Crippen molar-refractivity contribution >= 4 is 46.0 Å². The van der Waals surface area contributed by atoms with Gasteiger partial charge in [0.25, 0.3) is 0 Å². The average Bonchev–Trinajstić information content (AvgIpc) is 3.11. The molecule has 3 heterocycles. The first-order valence-electron chi connectivity index (χ1n) is 12.4. The van der Waals surface area contributed by atoms with Crippen molar-refractivity contribution in [2.75, 3.05) is 50.7 Å². The number of rotatable bonds is 5. The summed E-state index contributed by atoms with van der Waals surface area (Å²) in [7, 11) is 1.44. The largest absolute Gasteiger partial charge is 0.417 e. The molecular formula is C26H25ClF4N4O4S. The Labute approximate surface area is 235 Å². The number of anilines is 1. The maximum Gasteiger partial charge on any atom is 0.417 e. The first-order chi connectivity index (χ1) is 19.0. The van der Waals surface area contributed by atoms with Crippen LogP contribution in [0.15, 0.2) is 34.0 Å². The van der Waals surface area contributed by atoms with E-state index in [2.05, 4.69) is 4.98 Å². The van der Waals surface area contributed by atoms with Crippen LogP contribution in [-0.4, -0.2) is 72.3 Å². The zero-order chi connectivity index (χ0) is 28.8. The first-order valence-corrected chi connectivity index (χ1v) is 13.7. The van der Waals surface area contributed by atoms with Crippen LogP contribution in [0.5, 0.6) is 0 Å². The third kappa shape index (κ3) is 5.39. The number of hydrogen-bond acceptors (Lipinski definition) is 7. The Balaban J connectivity index is 1.80. The van der Waals surface area contributed by atoms with Gasteiger partial charge in [0.1, 0.15) is 18.4 Å². The van der Waals surface area contributed by atoms with Crippen LogP contribution in [0, 0.1) is 5.82 Å². The molecular weight excluding hydrogens is 576 g/mol. The van der Waals surface area contributed by atoms with Crippen LogP contribution in [-0.2, 0) is 27.0 Å². The van der Waals surface area contributed by atoms with Gasteiger partial charge in [-0.05, 0) is 23.8 Å². The van der Waals surface area contributed by atoms with Crippen molar-refractivity contribution in [3.63, 3.8) is 0 Å². The lowest BCUT2D eigenvalue weighted by Gasteiger charge is -2.35. The monoisotopic (exact) mass is 600 g/mol. The quantitative estimate of drug-likeness (QED) is 0.312. The number of ether oxygens (including phenoxy) is 2. The summed E-state index contributed by atoms with van der Waals surface area (Å²) < 4.78 is 70.2. The molecule has 2 aromatic carbocycles. The minimum Gasteiger partial charge on any atom is -0.359 e. The Hall–Kier alpha value is -2.87. The number of piperazine rings is 1. The van der Waals surface area contributed by atoms with Crippen molar-refractivity contribution in [2.45, 2.75) is 30.6 Å². The minimum absolute atomic E-state index is 0.0407. The van der Waals surface area contributed by atoms with Crippen LogP contribution in [0.4, 0.5) is 23.4 Å². The van der Waals surface area contributed by atoms with Gasteiger partial charge in [-0.2, -0.15) is 18.2 Å². The summed E-state index contributed by atoms with van der Waals surface area (Å²) >= 11 is 7.11. The molecule has 1 saturated heterocycles. The van der Waals surface area contributed by atoms with Crippen LogP contribution >= 0.6 is 23.4 Å². The van der Waals surface area contributed by atoms with E-state index in [-0.39, 0.29) is 62.8 Å². The summed E-state index contributed by atoms with van der Waals surface area (Å²) in [4.78, 5) is 33.1. The molecule has 8 nitrogen and oxygen atoms in total. The highest BCUT2D eigenvalue weighted by Gasteiger charge is 2.39. The number of carbonyl (C=O) groups excluding carboxylic acids is 1. The van der Waals surface area contributed by atoms with Gasteiger partial charge in [0, 0.05) is 61.8 Å². The van der Waals surface area contributed by atoms with E-state index in [9.17, 15) is 27.2 Å². The second-order valence-electron chi connectivity index (χ2n) is 9.48. The molecule has 1 fully saturated rings. The molecule has 5 rings (SSSR count). The third-order valence-electron chi connectivity index (χ3n) is 6.96. The highest BCUT2D eigenvalue weighted by atomic mass is 35.5. The van der Waals surface area contributed by atoms with E-state index in [1.807, 2.05) is 0 Å². The van der Waals surface area contributed by atoms with Crippen molar-refractivity contribution in [2.24, 2.45) is 0 Å². The standard InChI is InChI=1S/C26H25ClF4N4O4S/c1-14(36)33-5-7-34(8-6-33)24-17-10-18(26(29,30)31)21(15-3-4-20(28)19(27)9-15)23-22(17)35(25(37)32-24)11-16(12-40-23)39-13-38-2/h3-4,9-10,16H,5-8,11-13H2,1-2H3. The van der Waals surface area contributed by atoms with Gasteiger partial charge in [0.05, 0.1) is 28.8 Å². The van der Waals surface area contributed by atoms with Gasteiger partial charge in [-0.3, -0.25) is 9.36 Å². The SMILES string of the molecule is COCOC1CSc2c(-c3ccc(F)c(Cl)c3)c(C(F)(F)F)cc3c(N4CCN(C(C)=O)CC4)nc(=O)n(c23)C1. The average molecular weight is 601 g/mol. The van der Waals surface area contributed by atoms with Gasteiger partial charge in [-0.25, -0.2) is 9.18 Å². The van der Waals surface area contributed by atoms with Crippen LogP contribution in [0.2, 0.25) is 5.02 Å². The smallest absolute Gasteiger partial charge is 0.359 e. The molecule has 1 aromatic heterocycles. The zero-order valence-electron chi connectivity index (χ0n) is 21.6. The van der Waals surface area contributed by atoms with Crippen molar-refractivity contribution in [3.05, 3.63) is 51.2 Å². The Morgan fingerprint density at radius 2 is 1.93 bits per heavy atom. The maximum atomic E-state index is 14.7. The van der Waals surface area contributed by atoms with Crippen molar-refractivity contribution in [3.8, 4) is 11.1 Å². The van der Waals surface area contributed by atoms with Crippen molar-refractivity contribution in [1.82, 2.24) is 14.5 Å². The Morgan fingerprint density at radius 3 is 2.55 bits per heavy atom. The summed E-state index contributed by atoms with van der Waals surface area (Å²) in [6.07, 6.45) is -5.37. The highest BCUT2D eigenvalue weighted by molar-refractivity contribution is 7.99. The van der Waals surface area contributed by atoms with Crippen LogP contribution in [0.1, 0.15) is 12.5 Å². The first kappa shape index (κ1) is 28.7. The van der Waals surface area contributed by atoms with Gasteiger partial charge < -0.3 is 19.3 Å². The molecule has 40 heavy (non-hydrogen) atoms. The normalized spacial score (nSPS) is 17.8. The lowest BCUT2D eigenvalue weighted by Crippen LogP contribution is -2.49. The molecule has 1 amide bonds. The number of carbonyl (C=O) groups is 1. The molecule has 1 unspecified atom stereocenters. The fraction of sp³-hybridized carbons (Fsp3) is 0.423. The molecule has 214 valence electrons. The summed E-state index contributed by atoms with van der Waals surface area (Å²) in [5.74, 6) is -0.539. The number of methoxy groups -OCH3 is 1. The van der Waals surface area contributed by atoms with Crippen molar-refractivity contribution < 1.29 is 31.8 Å². The predicted molar refractivity (Wildman–Crippen MR) is 143 cm³/mol. The van der Waals surface area contributed by atoms with E-state index in [0.717, 1.165) is 30.0 Å². The lowest BCUT2D eigenvalue weighted by atomic mass is 9.96. The van der Waals surface area contributed by atoms with Gasteiger partial charge in [-0.15, -0.1) is 11.8 Å². The van der Waals surface area contributed by atoms with Crippen LogP contribution in [0.25, 0.3) is 22.0 Å². The van der Waals surface area contributed by atoms with E-state index in [1.54, 1.807) is 9.80 Å². The Bertz CT molecular complexity index is 1530. The Kier molecular flexibility index (Phi) is 8.01. The fourth-order valence-electron chi connectivity index (χ4n) is 5.04. The number of amides is 1. The second-order valence-corrected chi connectivity index (χ2v) is 10.9. The summed E-state index contributed by atoms with van der Waals surface area (Å²) in [5, 5.41) is -0.177. The molecule has 0 spiro atoms. The zero-order valence-corrected chi connectivity index (χ0v) is 23.1. The topological polar surface area (TPSA) is 76.9 Å². The number of thioether (sulfide) groups is 1. The molecule has 0 saturated carbocycles. The fourth-order valence-corrected chi connectivity index (χ4v) is 6.50. The molecule has 3 aromatic rings. The third-order valence-corrected chi connectivity index (χ3v) is 8.47. The number of benzene rings is 2. The number of alkyl halides is 3. The number of halogens is 5. The minimum atomic E-state index is -4.80. The molecule has 0 bridgehead atoms. The number of nitrogens with zero attached hydrogens (tertiary/aromatic N) is 4. The molecule has 2 aliphatic heterocycles.